The van der Waals surface area contributed by atoms with Gasteiger partial charge in [0.05, 0.1) is 30.4 Å². The number of nitrogens with one attached hydrogen (secondary N) is 3. The normalized spacial score (nSPS) is 15.3. The number of rotatable bonds is 8. The maximum absolute atomic E-state index is 6.23. The Morgan fingerprint density at radius 1 is 1.42 bits per heavy atom. The molecule has 0 aromatic carbocycles. The van der Waals surface area contributed by atoms with E-state index in [0.29, 0.717) is 36.0 Å². The second kappa shape index (κ2) is 7.13. The zero-order chi connectivity index (χ0) is 18.1. The maximum Gasteiger partial charge on any atom is 0.231 e. The van der Waals surface area contributed by atoms with Gasteiger partial charge in [-0.2, -0.15) is 15.1 Å². The second-order valence-corrected chi connectivity index (χ2v) is 6.98. The second-order valence-electron chi connectivity index (χ2n) is 6.62. The van der Waals surface area contributed by atoms with Crippen molar-refractivity contribution in [2.45, 2.75) is 32.4 Å². The SMILES string of the molecule is COCCn1cc(Nc2nc(N[C@@H](C)C3CC3)c3cc[nH]c3n2)c(Cl)n1. The molecule has 8 nitrogen and oxygen atoms in total. The molecule has 1 fully saturated rings. The third-order valence-corrected chi connectivity index (χ3v) is 4.88. The Kier molecular flexibility index (Phi) is 4.69. The van der Waals surface area contributed by atoms with Crippen molar-refractivity contribution in [2.75, 3.05) is 24.4 Å². The molecule has 26 heavy (non-hydrogen) atoms. The maximum atomic E-state index is 6.23. The number of nitrogens with zero attached hydrogens (tertiary/aromatic N) is 4. The molecule has 1 saturated carbocycles. The van der Waals surface area contributed by atoms with Crippen molar-refractivity contribution in [3.05, 3.63) is 23.6 Å². The lowest BCUT2D eigenvalue weighted by Gasteiger charge is -2.15. The molecule has 1 atom stereocenters. The van der Waals surface area contributed by atoms with Crippen LogP contribution >= 0.6 is 11.6 Å². The lowest BCUT2D eigenvalue weighted by Crippen LogP contribution is -2.18. The summed E-state index contributed by atoms with van der Waals surface area (Å²) in [5, 5.41) is 12.3. The average Bonchev–Trinajstić information content (AvgIpc) is 3.27. The molecule has 3 aromatic rings. The summed E-state index contributed by atoms with van der Waals surface area (Å²) in [6, 6.07) is 2.37. The molecule has 0 radical (unpaired) electrons. The van der Waals surface area contributed by atoms with Crippen LogP contribution in [0.1, 0.15) is 19.8 Å². The largest absolute Gasteiger partial charge is 0.383 e. The van der Waals surface area contributed by atoms with Gasteiger partial charge in [-0.15, -0.1) is 0 Å². The van der Waals surface area contributed by atoms with Crippen molar-refractivity contribution in [1.82, 2.24) is 24.7 Å². The molecule has 1 aliphatic rings. The molecule has 1 aliphatic carbocycles. The number of aromatic nitrogens is 5. The zero-order valence-electron chi connectivity index (χ0n) is 14.8. The van der Waals surface area contributed by atoms with E-state index in [1.807, 2.05) is 18.5 Å². The van der Waals surface area contributed by atoms with Gasteiger partial charge in [-0.1, -0.05) is 11.6 Å². The average molecular weight is 376 g/mol. The number of aromatic amines is 1. The van der Waals surface area contributed by atoms with E-state index < -0.39 is 0 Å². The van der Waals surface area contributed by atoms with Crippen molar-refractivity contribution in [3.8, 4) is 0 Å². The van der Waals surface area contributed by atoms with E-state index in [2.05, 4.69) is 37.6 Å². The Hall–Kier alpha value is -2.32. The molecule has 0 amide bonds. The predicted molar refractivity (Wildman–Crippen MR) is 102 cm³/mol. The molecular weight excluding hydrogens is 354 g/mol. The Morgan fingerprint density at radius 3 is 3.04 bits per heavy atom. The first-order chi connectivity index (χ1) is 12.6. The first kappa shape index (κ1) is 17.1. The molecule has 0 aliphatic heterocycles. The van der Waals surface area contributed by atoms with Crippen LogP contribution in [0.3, 0.4) is 0 Å². The molecule has 3 heterocycles. The molecular formula is C17H22ClN7O. The number of anilines is 3. The summed E-state index contributed by atoms with van der Waals surface area (Å²) in [7, 11) is 1.65. The number of hydrogen-bond donors (Lipinski definition) is 3. The van der Waals surface area contributed by atoms with Gasteiger partial charge in [0.15, 0.2) is 5.15 Å². The van der Waals surface area contributed by atoms with Gasteiger partial charge in [-0.3, -0.25) is 4.68 Å². The molecule has 4 rings (SSSR count). The standard InChI is InChI=1S/C17H22ClN7O/c1-10(11-3-4-11)20-16-12-5-6-19-15(12)22-17(23-16)21-13-9-25(7-8-26-2)24-14(13)18/h5-6,9-11H,3-4,7-8H2,1-2H3,(H3,19,20,21,22,23)/t10-/m0/s1. The van der Waals surface area contributed by atoms with Crippen molar-refractivity contribution < 1.29 is 4.74 Å². The Bertz CT molecular complexity index is 902. The fraction of sp³-hybridized carbons (Fsp3) is 0.471. The molecule has 138 valence electrons. The summed E-state index contributed by atoms with van der Waals surface area (Å²) >= 11 is 6.23. The lowest BCUT2D eigenvalue weighted by atomic mass is 10.2. The van der Waals surface area contributed by atoms with Gasteiger partial charge in [-0.25, -0.2) is 0 Å². The zero-order valence-corrected chi connectivity index (χ0v) is 15.5. The number of fused-ring (bicyclic) bond motifs is 1. The molecule has 0 bridgehead atoms. The van der Waals surface area contributed by atoms with Crippen LogP contribution in [-0.2, 0) is 11.3 Å². The molecule has 9 heteroatoms. The van der Waals surface area contributed by atoms with E-state index in [4.69, 9.17) is 16.3 Å². The summed E-state index contributed by atoms with van der Waals surface area (Å²) in [4.78, 5) is 12.3. The number of methoxy groups -OCH3 is 1. The van der Waals surface area contributed by atoms with Crippen LogP contribution < -0.4 is 10.6 Å². The summed E-state index contributed by atoms with van der Waals surface area (Å²) < 4.78 is 6.80. The summed E-state index contributed by atoms with van der Waals surface area (Å²) in [5.74, 6) is 2.02. The van der Waals surface area contributed by atoms with Crippen LogP contribution in [0.5, 0.6) is 0 Å². The quantitative estimate of drug-likeness (QED) is 0.558. The summed E-state index contributed by atoms with van der Waals surface area (Å²) in [6.07, 6.45) is 6.24. The minimum absolute atomic E-state index is 0.372. The van der Waals surface area contributed by atoms with Crippen LogP contribution in [0.25, 0.3) is 11.0 Å². The third-order valence-electron chi connectivity index (χ3n) is 4.60. The smallest absolute Gasteiger partial charge is 0.231 e. The van der Waals surface area contributed by atoms with Gasteiger partial charge in [0, 0.05) is 19.3 Å². The minimum atomic E-state index is 0.372. The van der Waals surface area contributed by atoms with Gasteiger partial charge in [0.2, 0.25) is 5.95 Å². The van der Waals surface area contributed by atoms with E-state index in [1.165, 1.54) is 12.8 Å². The highest BCUT2D eigenvalue weighted by atomic mass is 35.5. The Labute approximate surface area is 156 Å². The van der Waals surface area contributed by atoms with E-state index in [-0.39, 0.29) is 0 Å². The minimum Gasteiger partial charge on any atom is -0.383 e. The van der Waals surface area contributed by atoms with Crippen LogP contribution in [0.15, 0.2) is 18.5 Å². The fourth-order valence-electron chi connectivity index (χ4n) is 2.94. The Morgan fingerprint density at radius 2 is 2.27 bits per heavy atom. The van der Waals surface area contributed by atoms with Crippen molar-refractivity contribution in [2.24, 2.45) is 5.92 Å². The monoisotopic (exact) mass is 375 g/mol. The number of H-pyrrole nitrogens is 1. The van der Waals surface area contributed by atoms with Crippen molar-refractivity contribution >= 4 is 40.1 Å². The highest BCUT2D eigenvalue weighted by molar-refractivity contribution is 6.32. The van der Waals surface area contributed by atoms with E-state index in [9.17, 15) is 0 Å². The summed E-state index contributed by atoms with van der Waals surface area (Å²) in [5.41, 5.74) is 1.44. The van der Waals surface area contributed by atoms with Gasteiger partial charge in [-0.05, 0) is 31.7 Å². The van der Waals surface area contributed by atoms with Gasteiger partial charge >= 0.3 is 0 Å². The number of hydrogen-bond acceptors (Lipinski definition) is 6. The van der Waals surface area contributed by atoms with Crippen LogP contribution in [0.4, 0.5) is 17.5 Å². The number of halogens is 1. The molecule has 0 saturated heterocycles. The van der Waals surface area contributed by atoms with E-state index >= 15 is 0 Å². The van der Waals surface area contributed by atoms with E-state index in [1.54, 1.807) is 11.8 Å². The predicted octanol–water partition coefficient (Wildman–Crippen LogP) is 3.41. The fourth-order valence-corrected chi connectivity index (χ4v) is 3.13. The highest BCUT2D eigenvalue weighted by Gasteiger charge is 2.28. The first-order valence-electron chi connectivity index (χ1n) is 8.74. The molecule has 0 unspecified atom stereocenters. The number of ether oxygens (including phenoxy) is 1. The van der Waals surface area contributed by atoms with Gasteiger partial charge < -0.3 is 20.4 Å². The molecule has 3 N–H and O–H groups in total. The molecule has 0 spiro atoms. The summed E-state index contributed by atoms with van der Waals surface area (Å²) in [6.45, 7) is 3.39. The Balaban J connectivity index is 1.59. The van der Waals surface area contributed by atoms with E-state index in [0.717, 1.165) is 22.8 Å². The molecule has 3 aromatic heterocycles. The van der Waals surface area contributed by atoms with Gasteiger partial charge in [0.25, 0.3) is 0 Å². The van der Waals surface area contributed by atoms with Gasteiger partial charge in [0.1, 0.15) is 11.5 Å². The topological polar surface area (TPSA) is 92.7 Å². The van der Waals surface area contributed by atoms with Crippen LogP contribution in [0, 0.1) is 5.92 Å². The van der Waals surface area contributed by atoms with Crippen LogP contribution in [0.2, 0.25) is 5.15 Å². The first-order valence-corrected chi connectivity index (χ1v) is 9.12. The third kappa shape index (κ3) is 3.61. The van der Waals surface area contributed by atoms with Crippen LogP contribution in [-0.4, -0.2) is 44.5 Å². The lowest BCUT2D eigenvalue weighted by molar-refractivity contribution is 0.183. The highest BCUT2D eigenvalue weighted by Crippen LogP contribution is 2.35. The van der Waals surface area contributed by atoms with Crippen molar-refractivity contribution in [1.29, 1.82) is 0 Å². The van der Waals surface area contributed by atoms with Crippen molar-refractivity contribution in [3.63, 3.8) is 0 Å².